The van der Waals surface area contributed by atoms with Crippen molar-refractivity contribution in [3.8, 4) is 0 Å². The predicted molar refractivity (Wildman–Crippen MR) is 60.4 cm³/mol. The normalized spacial score (nSPS) is 15.6. The van der Waals surface area contributed by atoms with E-state index in [-0.39, 0.29) is 0 Å². The van der Waals surface area contributed by atoms with Crippen LogP contribution in [-0.4, -0.2) is 5.11 Å². The van der Waals surface area contributed by atoms with E-state index in [0.717, 1.165) is 12.0 Å². The molecule has 0 aliphatic carbocycles. The fourth-order valence-corrected chi connectivity index (χ4v) is 1.44. The van der Waals surface area contributed by atoms with Crippen LogP contribution in [0.5, 0.6) is 0 Å². The lowest BCUT2D eigenvalue weighted by molar-refractivity contribution is 0.0530. The molecule has 1 aromatic carbocycles. The topological polar surface area (TPSA) is 20.2 Å². The Kier molecular flexibility index (Phi) is 3.33. The van der Waals surface area contributed by atoms with Crippen molar-refractivity contribution in [2.24, 2.45) is 0 Å². The van der Waals surface area contributed by atoms with Crippen molar-refractivity contribution in [3.63, 3.8) is 0 Å². The Morgan fingerprint density at radius 1 is 1.36 bits per heavy atom. The highest BCUT2D eigenvalue weighted by molar-refractivity contribution is 5.29. The highest BCUT2D eigenvalue weighted by atomic mass is 16.3. The van der Waals surface area contributed by atoms with Gasteiger partial charge in [-0.25, -0.2) is 0 Å². The Hall–Kier alpha value is -0.820. The van der Waals surface area contributed by atoms with Crippen LogP contribution in [0.4, 0.5) is 0 Å². The first-order valence-electron chi connectivity index (χ1n) is 5.30. The lowest BCUT2D eigenvalue weighted by atomic mass is 9.90. The zero-order valence-electron chi connectivity index (χ0n) is 9.54. The fourth-order valence-electron chi connectivity index (χ4n) is 1.44. The van der Waals surface area contributed by atoms with Gasteiger partial charge in [-0.1, -0.05) is 45.0 Å². The molecular formula is C13H20O. The van der Waals surface area contributed by atoms with E-state index in [0.29, 0.717) is 5.92 Å². The van der Waals surface area contributed by atoms with Crippen molar-refractivity contribution >= 4 is 0 Å². The molecule has 1 heteroatoms. The summed E-state index contributed by atoms with van der Waals surface area (Å²) in [4.78, 5) is 0. The van der Waals surface area contributed by atoms with Gasteiger partial charge in [-0.05, 0) is 30.4 Å². The molecule has 0 heterocycles. The maximum atomic E-state index is 10.1. The fraction of sp³-hybridized carbons (Fsp3) is 0.538. The predicted octanol–water partition coefficient (Wildman–Crippen LogP) is 3.43. The summed E-state index contributed by atoms with van der Waals surface area (Å²) in [6.45, 7) is 8.20. The van der Waals surface area contributed by atoms with Crippen LogP contribution in [0.3, 0.4) is 0 Å². The van der Waals surface area contributed by atoms with Crippen molar-refractivity contribution < 1.29 is 5.11 Å². The van der Waals surface area contributed by atoms with E-state index in [4.69, 9.17) is 0 Å². The molecule has 14 heavy (non-hydrogen) atoms. The van der Waals surface area contributed by atoms with Crippen molar-refractivity contribution in [1.29, 1.82) is 0 Å². The lowest BCUT2D eigenvalue weighted by Crippen LogP contribution is -2.19. The van der Waals surface area contributed by atoms with Crippen molar-refractivity contribution in [2.45, 2.75) is 45.6 Å². The van der Waals surface area contributed by atoms with E-state index < -0.39 is 5.60 Å². The summed E-state index contributed by atoms with van der Waals surface area (Å²) in [6.07, 6.45) is 0.745. The number of aliphatic hydroxyl groups is 1. The summed E-state index contributed by atoms with van der Waals surface area (Å²) in [5, 5.41) is 10.1. The van der Waals surface area contributed by atoms with Gasteiger partial charge in [0.15, 0.2) is 0 Å². The van der Waals surface area contributed by atoms with E-state index in [9.17, 15) is 5.11 Å². The minimum atomic E-state index is -0.690. The molecule has 0 saturated carbocycles. The molecule has 1 aromatic rings. The molecule has 1 unspecified atom stereocenters. The van der Waals surface area contributed by atoms with Gasteiger partial charge in [-0.15, -0.1) is 0 Å². The summed E-state index contributed by atoms with van der Waals surface area (Å²) < 4.78 is 0. The maximum absolute atomic E-state index is 10.1. The van der Waals surface area contributed by atoms with Crippen LogP contribution < -0.4 is 0 Å². The SMILES string of the molecule is CCC(C)(O)c1cccc(C(C)C)c1. The molecule has 1 N–H and O–H groups in total. The first-order chi connectivity index (χ1) is 6.47. The molecule has 0 amide bonds. The largest absolute Gasteiger partial charge is 0.385 e. The van der Waals surface area contributed by atoms with Gasteiger partial charge in [0.1, 0.15) is 0 Å². The molecule has 0 spiro atoms. The summed E-state index contributed by atoms with van der Waals surface area (Å²) >= 11 is 0. The molecule has 78 valence electrons. The van der Waals surface area contributed by atoms with Gasteiger partial charge < -0.3 is 5.11 Å². The molecular weight excluding hydrogens is 172 g/mol. The number of rotatable bonds is 3. The van der Waals surface area contributed by atoms with Crippen LogP contribution in [0.15, 0.2) is 24.3 Å². The van der Waals surface area contributed by atoms with Gasteiger partial charge in [0.05, 0.1) is 5.60 Å². The standard InChI is InChI=1S/C13H20O/c1-5-13(4,14)12-8-6-7-11(9-12)10(2)3/h6-10,14H,5H2,1-4H3. The lowest BCUT2D eigenvalue weighted by Gasteiger charge is -2.23. The second kappa shape index (κ2) is 4.14. The summed E-state index contributed by atoms with van der Waals surface area (Å²) in [6, 6.07) is 8.23. The zero-order valence-corrected chi connectivity index (χ0v) is 9.54. The third-order valence-electron chi connectivity index (χ3n) is 2.86. The van der Waals surface area contributed by atoms with E-state index in [1.807, 2.05) is 26.0 Å². The van der Waals surface area contributed by atoms with E-state index in [2.05, 4.69) is 26.0 Å². The molecule has 1 nitrogen and oxygen atoms in total. The number of benzene rings is 1. The second-order valence-corrected chi connectivity index (χ2v) is 4.41. The molecule has 0 saturated heterocycles. The molecule has 0 aromatic heterocycles. The van der Waals surface area contributed by atoms with Crippen LogP contribution >= 0.6 is 0 Å². The monoisotopic (exact) mass is 192 g/mol. The average molecular weight is 192 g/mol. The zero-order chi connectivity index (χ0) is 10.8. The van der Waals surface area contributed by atoms with Crippen LogP contribution in [0, 0.1) is 0 Å². The Labute approximate surface area is 86.8 Å². The van der Waals surface area contributed by atoms with Crippen molar-refractivity contribution in [2.75, 3.05) is 0 Å². The highest BCUT2D eigenvalue weighted by Gasteiger charge is 2.20. The molecule has 0 aliphatic rings. The van der Waals surface area contributed by atoms with Crippen LogP contribution in [0.1, 0.15) is 51.2 Å². The van der Waals surface area contributed by atoms with Crippen LogP contribution in [-0.2, 0) is 5.60 Å². The van der Waals surface area contributed by atoms with Gasteiger partial charge in [-0.2, -0.15) is 0 Å². The summed E-state index contributed by atoms with van der Waals surface area (Å²) in [5.41, 5.74) is 1.62. The first kappa shape index (κ1) is 11.3. The summed E-state index contributed by atoms with van der Waals surface area (Å²) in [7, 11) is 0. The highest BCUT2D eigenvalue weighted by Crippen LogP contribution is 2.26. The minimum absolute atomic E-state index is 0.516. The van der Waals surface area contributed by atoms with Gasteiger partial charge >= 0.3 is 0 Å². The second-order valence-electron chi connectivity index (χ2n) is 4.41. The Morgan fingerprint density at radius 2 is 2.00 bits per heavy atom. The Bertz CT molecular complexity index is 300. The third-order valence-corrected chi connectivity index (χ3v) is 2.86. The van der Waals surface area contributed by atoms with Gasteiger partial charge in [0.25, 0.3) is 0 Å². The minimum Gasteiger partial charge on any atom is -0.385 e. The number of hydrogen-bond acceptors (Lipinski definition) is 1. The van der Waals surface area contributed by atoms with Crippen molar-refractivity contribution in [3.05, 3.63) is 35.4 Å². The van der Waals surface area contributed by atoms with Gasteiger partial charge in [0, 0.05) is 0 Å². The Morgan fingerprint density at radius 3 is 2.50 bits per heavy atom. The summed E-state index contributed by atoms with van der Waals surface area (Å²) in [5.74, 6) is 0.516. The smallest absolute Gasteiger partial charge is 0.0866 e. The third kappa shape index (κ3) is 2.36. The molecule has 0 aliphatic heterocycles. The van der Waals surface area contributed by atoms with E-state index in [1.54, 1.807) is 0 Å². The average Bonchev–Trinajstić information content (AvgIpc) is 2.18. The van der Waals surface area contributed by atoms with Gasteiger partial charge in [-0.3, -0.25) is 0 Å². The van der Waals surface area contributed by atoms with Crippen LogP contribution in [0.25, 0.3) is 0 Å². The molecule has 1 rings (SSSR count). The molecule has 0 bridgehead atoms. The van der Waals surface area contributed by atoms with Gasteiger partial charge in [0.2, 0.25) is 0 Å². The quantitative estimate of drug-likeness (QED) is 0.778. The van der Waals surface area contributed by atoms with E-state index in [1.165, 1.54) is 5.56 Å². The maximum Gasteiger partial charge on any atom is 0.0866 e. The number of hydrogen-bond donors (Lipinski definition) is 1. The molecule has 1 atom stereocenters. The van der Waals surface area contributed by atoms with Crippen LogP contribution in [0.2, 0.25) is 0 Å². The first-order valence-corrected chi connectivity index (χ1v) is 5.30. The van der Waals surface area contributed by atoms with E-state index >= 15 is 0 Å². The Balaban J connectivity index is 3.05. The molecule has 0 radical (unpaired) electrons. The molecule has 0 fully saturated rings. The van der Waals surface area contributed by atoms with Crippen molar-refractivity contribution in [1.82, 2.24) is 0 Å².